The molecule has 0 spiro atoms. The fourth-order valence-corrected chi connectivity index (χ4v) is 9.30. The Kier molecular flexibility index (Phi) is 9.12. The van der Waals surface area contributed by atoms with E-state index in [1.165, 1.54) is 11.8 Å². The Bertz CT molecular complexity index is 319. The van der Waals surface area contributed by atoms with Crippen LogP contribution in [0.1, 0.15) is 0 Å². The van der Waals surface area contributed by atoms with Crippen molar-refractivity contribution in [2.75, 3.05) is 39.8 Å². The summed E-state index contributed by atoms with van der Waals surface area (Å²) in [4.78, 5) is 0. The van der Waals surface area contributed by atoms with Gasteiger partial charge in [-0.2, -0.15) is 0 Å². The molecule has 0 amide bonds. The van der Waals surface area contributed by atoms with Crippen molar-refractivity contribution in [3.63, 3.8) is 0 Å². The first kappa shape index (κ1) is 20.6. The summed E-state index contributed by atoms with van der Waals surface area (Å²) in [5.41, 5.74) is -0.453. The summed E-state index contributed by atoms with van der Waals surface area (Å²) in [6, 6.07) is 1.68. The van der Waals surface area contributed by atoms with Crippen molar-refractivity contribution in [3.8, 4) is 0 Å². The zero-order valence-electron chi connectivity index (χ0n) is 14.3. The van der Waals surface area contributed by atoms with Gasteiger partial charge in [-0.15, -0.1) is 11.8 Å². The molecular formula is C13H30O6SSi2. The van der Waals surface area contributed by atoms with Crippen LogP contribution in [0.4, 0.5) is 0 Å². The van der Waals surface area contributed by atoms with Crippen LogP contribution in [0.15, 0.2) is 0 Å². The predicted molar refractivity (Wildman–Crippen MR) is 92.8 cm³/mol. The van der Waals surface area contributed by atoms with Gasteiger partial charge in [0.1, 0.15) is 12.0 Å². The molecular weight excluding hydrogens is 340 g/mol. The van der Waals surface area contributed by atoms with Gasteiger partial charge in [-0.25, -0.2) is 0 Å². The van der Waals surface area contributed by atoms with Crippen LogP contribution in [0.25, 0.3) is 0 Å². The topological polar surface area (TPSA) is 69.7 Å². The lowest BCUT2D eigenvalue weighted by molar-refractivity contribution is 0.0556. The van der Waals surface area contributed by atoms with Crippen LogP contribution in [-0.2, 0) is 22.8 Å². The first-order valence-electron chi connectivity index (χ1n) is 7.57. The van der Waals surface area contributed by atoms with Gasteiger partial charge in [0.25, 0.3) is 0 Å². The minimum absolute atomic E-state index is 0.0170. The quantitative estimate of drug-likeness (QED) is 0.230. The second-order valence-corrected chi connectivity index (χ2v) is 15.1. The largest absolute Gasteiger partial charge is 0.436 e. The minimum atomic E-state index is -2.21. The summed E-state index contributed by atoms with van der Waals surface area (Å²) in [5.74, 6) is 0. The SMILES string of the molecule is CO[Si](C)(CCOC1CO1)O[Si](C)(C)CCOCC(O)SC. The average Bonchev–Trinajstić information content (AvgIpc) is 3.27. The number of epoxide rings is 1. The molecule has 1 heterocycles. The van der Waals surface area contributed by atoms with E-state index in [4.69, 9.17) is 22.8 Å². The Morgan fingerprint density at radius 2 is 1.95 bits per heavy atom. The molecule has 0 aromatic carbocycles. The maximum Gasteiger partial charge on any atom is 0.326 e. The number of thioether (sulfide) groups is 1. The first-order valence-corrected chi connectivity index (χ1v) is 14.5. The molecule has 9 heteroatoms. The van der Waals surface area contributed by atoms with Crippen LogP contribution in [0, 0.1) is 0 Å². The Morgan fingerprint density at radius 3 is 2.50 bits per heavy atom. The summed E-state index contributed by atoms with van der Waals surface area (Å²) in [6.07, 6.45) is 1.84. The monoisotopic (exact) mass is 370 g/mol. The second-order valence-electron chi connectivity index (χ2n) is 6.10. The van der Waals surface area contributed by atoms with Gasteiger partial charge in [-0.05, 0) is 31.9 Å². The third kappa shape index (κ3) is 8.99. The van der Waals surface area contributed by atoms with E-state index in [2.05, 4.69) is 19.6 Å². The molecule has 22 heavy (non-hydrogen) atoms. The summed E-state index contributed by atoms with van der Waals surface area (Å²) in [5, 5.41) is 9.44. The molecule has 132 valence electrons. The Hall–Kier alpha value is 0.544. The molecule has 0 radical (unpaired) electrons. The van der Waals surface area contributed by atoms with Crippen LogP contribution in [0.5, 0.6) is 0 Å². The molecule has 0 bridgehead atoms. The van der Waals surface area contributed by atoms with Gasteiger partial charge >= 0.3 is 8.56 Å². The highest BCUT2D eigenvalue weighted by Crippen LogP contribution is 2.23. The Labute approximate surface area is 140 Å². The fourth-order valence-electron chi connectivity index (χ4n) is 1.91. The molecule has 1 aliphatic heterocycles. The first-order chi connectivity index (χ1) is 10.3. The molecule has 1 fully saturated rings. The molecule has 3 atom stereocenters. The van der Waals surface area contributed by atoms with E-state index in [9.17, 15) is 5.11 Å². The number of hydrogen-bond donors (Lipinski definition) is 1. The zero-order valence-corrected chi connectivity index (χ0v) is 17.1. The van der Waals surface area contributed by atoms with Crippen LogP contribution >= 0.6 is 11.8 Å². The molecule has 0 saturated carbocycles. The molecule has 0 aromatic rings. The van der Waals surface area contributed by atoms with E-state index in [0.29, 0.717) is 26.4 Å². The highest BCUT2D eigenvalue weighted by atomic mass is 32.2. The number of aliphatic hydroxyl groups is 1. The maximum atomic E-state index is 9.44. The van der Waals surface area contributed by atoms with E-state index in [0.717, 1.165) is 12.1 Å². The highest BCUT2D eigenvalue weighted by Gasteiger charge is 2.38. The van der Waals surface area contributed by atoms with Gasteiger partial charge in [0, 0.05) is 19.8 Å². The third-order valence-electron chi connectivity index (χ3n) is 3.47. The van der Waals surface area contributed by atoms with Gasteiger partial charge in [0.05, 0.1) is 13.2 Å². The highest BCUT2D eigenvalue weighted by molar-refractivity contribution is 7.99. The molecule has 1 rings (SSSR count). The lowest BCUT2D eigenvalue weighted by atomic mass is 10.7. The fraction of sp³-hybridized carbons (Fsp3) is 1.00. The Morgan fingerprint density at radius 1 is 1.27 bits per heavy atom. The molecule has 0 aromatic heterocycles. The smallest absolute Gasteiger partial charge is 0.326 e. The van der Waals surface area contributed by atoms with Crippen molar-refractivity contribution in [1.29, 1.82) is 0 Å². The Balaban J connectivity index is 2.27. The van der Waals surface area contributed by atoms with Gasteiger partial charge in [-0.3, -0.25) is 0 Å². The van der Waals surface area contributed by atoms with Crippen LogP contribution < -0.4 is 0 Å². The summed E-state index contributed by atoms with van der Waals surface area (Å²) >= 11 is 1.39. The van der Waals surface area contributed by atoms with Crippen molar-refractivity contribution in [1.82, 2.24) is 0 Å². The zero-order chi connectivity index (χ0) is 16.6. The van der Waals surface area contributed by atoms with E-state index in [-0.39, 0.29) is 6.29 Å². The van der Waals surface area contributed by atoms with Crippen molar-refractivity contribution in [3.05, 3.63) is 0 Å². The van der Waals surface area contributed by atoms with Crippen molar-refractivity contribution in [2.24, 2.45) is 0 Å². The van der Waals surface area contributed by atoms with E-state index in [1.807, 2.05) is 6.26 Å². The normalized spacial score (nSPS) is 22.4. The molecule has 1 saturated heterocycles. The van der Waals surface area contributed by atoms with Gasteiger partial charge in [0.15, 0.2) is 14.6 Å². The summed E-state index contributed by atoms with van der Waals surface area (Å²) in [6.45, 7) is 8.72. The maximum absolute atomic E-state index is 9.44. The molecule has 6 nitrogen and oxygen atoms in total. The van der Waals surface area contributed by atoms with Crippen LogP contribution in [0.3, 0.4) is 0 Å². The van der Waals surface area contributed by atoms with E-state index in [1.54, 1.807) is 7.11 Å². The van der Waals surface area contributed by atoms with Crippen molar-refractivity contribution in [2.45, 2.75) is 43.5 Å². The predicted octanol–water partition coefficient (Wildman–Crippen LogP) is 2.00. The van der Waals surface area contributed by atoms with Gasteiger partial charge in [0.2, 0.25) is 0 Å². The standard InChI is InChI=1S/C13H30O6SSi2/c1-15-22(5,9-7-17-13-11-18-13)19-21(3,4)8-6-16-10-12(14)20-2/h12-14H,6-11H2,1-5H3. The lowest BCUT2D eigenvalue weighted by Crippen LogP contribution is -2.49. The number of aliphatic hydroxyl groups excluding tert-OH is 1. The molecule has 0 aliphatic carbocycles. The minimum Gasteiger partial charge on any atom is -0.436 e. The summed E-state index contributed by atoms with van der Waals surface area (Å²) < 4.78 is 28.1. The van der Waals surface area contributed by atoms with E-state index < -0.39 is 22.3 Å². The number of rotatable bonds is 13. The van der Waals surface area contributed by atoms with Gasteiger partial charge < -0.3 is 27.9 Å². The van der Waals surface area contributed by atoms with Crippen LogP contribution in [0.2, 0.25) is 31.7 Å². The average molecular weight is 371 g/mol. The number of ether oxygens (including phenoxy) is 3. The molecule has 1 aliphatic rings. The third-order valence-corrected chi connectivity index (χ3v) is 11.5. The lowest BCUT2D eigenvalue weighted by Gasteiger charge is -2.34. The van der Waals surface area contributed by atoms with Crippen molar-refractivity contribution >= 4 is 28.6 Å². The van der Waals surface area contributed by atoms with Crippen LogP contribution in [-0.4, -0.2) is 73.5 Å². The number of hydrogen-bond acceptors (Lipinski definition) is 7. The second kappa shape index (κ2) is 9.75. The van der Waals surface area contributed by atoms with Gasteiger partial charge in [-0.1, -0.05) is 0 Å². The van der Waals surface area contributed by atoms with Crippen molar-refractivity contribution < 1.29 is 27.9 Å². The molecule has 1 N–H and O–H groups in total. The summed E-state index contributed by atoms with van der Waals surface area (Å²) in [7, 11) is -2.36. The van der Waals surface area contributed by atoms with E-state index >= 15 is 0 Å². The molecule has 3 unspecified atom stereocenters.